The highest BCUT2D eigenvalue weighted by Crippen LogP contribution is 1.94. The highest BCUT2D eigenvalue weighted by atomic mass is 16.2. The molecule has 1 atom stereocenters. The lowest BCUT2D eigenvalue weighted by molar-refractivity contribution is -0.131. The number of imide groups is 1. The van der Waals surface area contributed by atoms with Gasteiger partial charge in [-0.3, -0.25) is 14.9 Å². The van der Waals surface area contributed by atoms with Crippen LogP contribution in [0.3, 0.4) is 0 Å². The normalized spacial score (nSPS) is 11.8. The summed E-state index contributed by atoms with van der Waals surface area (Å²) in [4.78, 5) is 31.4. The largest absolute Gasteiger partial charge is 0.351 e. The van der Waals surface area contributed by atoms with Gasteiger partial charge in [0.15, 0.2) is 0 Å². The molecule has 0 saturated heterocycles. The van der Waals surface area contributed by atoms with E-state index in [1.807, 2.05) is 0 Å². The second kappa shape index (κ2) is 3.70. The number of amides is 3. The summed E-state index contributed by atoms with van der Waals surface area (Å²) in [6.45, 7) is 2.67. The summed E-state index contributed by atoms with van der Waals surface area (Å²) in [5, 5.41) is 1.80. The molecule has 5 heteroatoms. The van der Waals surface area contributed by atoms with Crippen LogP contribution in [-0.2, 0) is 9.59 Å². The number of hydrogen-bond donors (Lipinski definition) is 2. The van der Waals surface area contributed by atoms with Crippen molar-refractivity contribution in [3.8, 4) is 0 Å². The number of carbonyl (C=O) groups is 3. The Kier molecular flexibility index (Phi) is 3.23. The molecule has 0 rings (SSSR count). The maximum atomic E-state index is 10.8. The molecule has 0 aliphatic rings. The van der Waals surface area contributed by atoms with Gasteiger partial charge in [0, 0.05) is 0 Å². The van der Waals surface area contributed by atoms with Gasteiger partial charge in [0.2, 0.25) is 5.91 Å². The van der Waals surface area contributed by atoms with Gasteiger partial charge in [0.1, 0.15) is 5.78 Å². The van der Waals surface area contributed by atoms with Crippen LogP contribution in [-0.4, -0.2) is 17.7 Å². The molecule has 62 valence electrons. The number of hydrogen-bond acceptors (Lipinski definition) is 3. The first kappa shape index (κ1) is 9.61. The van der Waals surface area contributed by atoms with E-state index in [1.54, 1.807) is 5.32 Å². The zero-order valence-electron chi connectivity index (χ0n) is 6.38. The zero-order chi connectivity index (χ0) is 9.02. The fraction of sp³-hybridized carbons (Fsp3) is 0.500. The van der Waals surface area contributed by atoms with Gasteiger partial charge < -0.3 is 5.73 Å². The van der Waals surface area contributed by atoms with E-state index in [9.17, 15) is 14.4 Å². The van der Waals surface area contributed by atoms with Crippen LogP contribution in [0.2, 0.25) is 0 Å². The Bertz CT molecular complexity index is 200. The minimum atomic E-state index is -0.942. The molecule has 3 amide bonds. The predicted molar refractivity (Wildman–Crippen MR) is 37.6 cm³/mol. The van der Waals surface area contributed by atoms with Crippen molar-refractivity contribution in [2.24, 2.45) is 11.7 Å². The van der Waals surface area contributed by atoms with Crippen LogP contribution in [0.5, 0.6) is 0 Å². The van der Waals surface area contributed by atoms with E-state index in [0.29, 0.717) is 0 Å². The van der Waals surface area contributed by atoms with Crippen molar-refractivity contribution in [1.29, 1.82) is 0 Å². The van der Waals surface area contributed by atoms with Gasteiger partial charge in [-0.05, 0) is 13.8 Å². The van der Waals surface area contributed by atoms with Gasteiger partial charge in [-0.15, -0.1) is 0 Å². The number of nitrogens with two attached hydrogens (primary N) is 1. The van der Waals surface area contributed by atoms with Crippen LogP contribution in [0, 0.1) is 5.92 Å². The zero-order valence-corrected chi connectivity index (χ0v) is 6.38. The molecule has 0 fully saturated rings. The molecule has 0 aromatic carbocycles. The number of primary amides is 1. The molecule has 0 aromatic heterocycles. The first-order valence-corrected chi connectivity index (χ1v) is 3.06. The van der Waals surface area contributed by atoms with E-state index in [0.717, 1.165) is 0 Å². The molecule has 3 N–H and O–H groups in total. The molecule has 0 aliphatic carbocycles. The van der Waals surface area contributed by atoms with Crippen molar-refractivity contribution in [3.05, 3.63) is 0 Å². The molecular formula is C6H10N2O3. The van der Waals surface area contributed by atoms with Gasteiger partial charge in [0.25, 0.3) is 0 Å². The highest BCUT2D eigenvalue weighted by Gasteiger charge is 2.17. The van der Waals surface area contributed by atoms with Gasteiger partial charge >= 0.3 is 6.03 Å². The molecule has 1 unspecified atom stereocenters. The highest BCUT2D eigenvalue weighted by molar-refractivity contribution is 6.05. The van der Waals surface area contributed by atoms with E-state index in [1.165, 1.54) is 13.8 Å². The molecular weight excluding hydrogens is 148 g/mol. The van der Waals surface area contributed by atoms with E-state index >= 15 is 0 Å². The van der Waals surface area contributed by atoms with Crippen LogP contribution in [0.25, 0.3) is 0 Å². The van der Waals surface area contributed by atoms with Crippen LogP contribution >= 0.6 is 0 Å². The quantitative estimate of drug-likeness (QED) is 0.526. The summed E-state index contributed by atoms with van der Waals surface area (Å²) >= 11 is 0. The fourth-order valence-corrected chi connectivity index (χ4v) is 0.414. The van der Waals surface area contributed by atoms with E-state index in [2.05, 4.69) is 5.73 Å². The van der Waals surface area contributed by atoms with Crippen LogP contribution < -0.4 is 11.1 Å². The topological polar surface area (TPSA) is 89.3 Å². The molecule has 0 radical (unpaired) electrons. The summed E-state index contributed by atoms with van der Waals surface area (Å²) in [6.07, 6.45) is 0. The maximum absolute atomic E-state index is 10.8. The van der Waals surface area contributed by atoms with Gasteiger partial charge in [-0.1, -0.05) is 0 Å². The number of ketones is 1. The molecule has 0 spiro atoms. The van der Waals surface area contributed by atoms with Crippen LogP contribution in [0.15, 0.2) is 0 Å². The van der Waals surface area contributed by atoms with Crippen molar-refractivity contribution in [1.82, 2.24) is 5.32 Å². The SMILES string of the molecule is CC(=O)C(C)C(=O)NC(N)=O. The molecule has 11 heavy (non-hydrogen) atoms. The lowest BCUT2D eigenvalue weighted by atomic mass is 10.1. The third-order valence-electron chi connectivity index (χ3n) is 1.25. The van der Waals surface area contributed by atoms with E-state index in [-0.39, 0.29) is 5.78 Å². The number of urea groups is 1. The number of rotatable bonds is 2. The van der Waals surface area contributed by atoms with E-state index < -0.39 is 17.9 Å². The minimum Gasteiger partial charge on any atom is -0.351 e. The monoisotopic (exact) mass is 158 g/mol. The maximum Gasteiger partial charge on any atom is 0.318 e. The van der Waals surface area contributed by atoms with Gasteiger partial charge in [-0.25, -0.2) is 4.79 Å². The average molecular weight is 158 g/mol. The van der Waals surface area contributed by atoms with Crippen LogP contribution in [0.4, 0.5) is 4.79 Å². The summed E-state index contributed by atoms with van der Waals surface area (Å²) in [5.41, 5.74) is 4.65. The third-order valence-corrected chi connectivity index (χ3v) is 1.25. The molecule has 0 aromatic rings. The summed E-state index contributed by atoms with van der Waals surface area (Å²) in [7, 11) is 0. The van der Waals surface area contributed by atoms with Gasteiger partial charge in [-0.2, -0.15) is 0 Å². The average Bonchev–Trinajstić information content (AvgIpc) is 1.84. The molecule has 0 heterocycles. The second-order valence-electron chi connectivity index (χ2n) is 2.19. The number of carbonyl (C=O) groups excluding carboxylic acids is 3. The summed E-state index contributed by atoms with van der Waals surface area (Å²) in [5.74, 6) is -1.78. The Hall–Kier alpha value is -1.39. The summed E-state index contributed by atoms with van der Waals surface area (Å²) < 4.78 is 0. The van der Waals surface area contributed by atoms with Gasteiger partial charge in [0.05, 0.1) is 5.92 Å². The Morgan fingerprint density at radius 3 is 2.09 bits per heavy atom. The number of Topliss-reactive ketones (excluding diaryl/α,β-unsaturated/α-hetero) is 1. The minimum absolute atomic E-state index is 0.302. The Labute approximate surface area is 63.9 Å². The second-order valence-corrected chi connectivity index (χ2v) is 2.19. The van der Waals surface area contributed by atoms with Crippen molar-refractivity contribution >= 4 is 17.7 Å². The Morgan fingerprint density at radius 1 is 1.36 bits per heavy atom. The molecule has 0 bridgehead atoms. The standard InChI is InChI=1S/C6H10N2O3/c1-3(4(2)9)5(10)8-6(7)11/h3H,1-2H3,(H3,7,8,10,11). The van der Waals surface area contributed by atoms with Crippen molar-refractivity contribution in [3.63, 3.8) is 0 Å². The first-order chi connectivity index (χ1) is 4.95. The van der Waals surface area contributed by atoms with Crippen molar-refractivity contribution in [2.45, 2.75) is 13.8 Å². The fourth-order valence-electron chi connectivity index (χ4n) is 0.414. The Balaban J connectivity index is 4.04. The predicted octanol–water partition coefficient (Wildman–Crippen LogP) is -0.594. The molecule has 0 saturated carbocycles. The third kappa shape index (κ3) is 3.34. The van der Waals surface area contributed by atoms with E-state index in [4.69, 9.17) is 0 Å². The molecule has 5 nitrogen and oxygen atoms in total. The van der Waals surface area contributed by atoms with Crippen molar-refractivity contribution < 1.29 is 14.4 Å². The smallest absolute Gasteiger partial charge is 0.318 e. The van der Waals surface area contributed by atoms with Crippen molar-refractivity contribution in [2.75, 3.05) is 0 Å². The first-order valence-electron chi connectivity index (χ1n) is 3.06. The lowest BCUT2D eigenvalue weighted by Gasteiger charge is -2.04. The molecule has 0 aliphatic heterocycles. The number of nitrogens with one attached hydrogen (secondary N) is 1. The summed E-state index contributed by atoms with van der Waals surface area (Å²) in [6, 6.07) is -0.942. The lowest BCUT2D eigenvalue weighted by Crippen LogP contribution is -2.40. The Morgan fingerprint density at radius 2 is 1.82 bits per heavy atom. The van der Waals surface area contributed by atoms with Crippen LogP contribution in [0.1, 0.15) is 13.8 Å².